The highest BCUT2D eigenvalue weighted by atomic mass is 79.9. The summed E-state index contributed by atoms with van der Waals surface area (Å²) in [5.74, 6) is 0.772. The summed E-state index contributed by atoms with van der Waals surface area (Å²) in [7, 11) is 0. The second-order valence-electron chi connectivity index (χ2n) is 2.79. The average Bonchev–Trinajstić information content (AvgIpc) is 2.16. The van der Waals surface area contributed by atoms with Crippen molar-refractivity contribution in [2.75, 3.05) is 6.61 Å². The molecule has 2 rings (SSSR count). The maximum Gasteiger partial charge on any atom is 0.129 e. The third kappa shape index (κ3) is 1.54. The summed E-state index contributed by atoms with van der Waals surface area (Å²) in [5.41, 5.74) is 1.56. The van der Waals surface area contributed by atoms with Crippen LogP contribution in [0.1, 0.15) is 12.0 Å². The number of benzene rings is 1. The van der Waals surface area contributed by atoms with Crippen molar-refractivity contribution in [2.24, 2.45) is 5.16 Å². The number of halogens is 1. The lowest BCUT2D eigenvalue weighted by Crippen LogP contribution is -2.16. The van der Waals surface area contributed by atoms with Gasteiger partial charge in [0.25, 0.3) is 0 Å². The van der Waals surface area contributed by atoms with Gasteiger partial charge >= 0.3 is 0 Å². The lowest BCUT2D eigenvalue weighted by atomic mass is 10.0. The van der Waals surface area contributed by atoms with Gasteiger partial charge in [-0.2, -0.15) is 0 Å². The molecule has 0 unspecified atom stereocenters. The van der Waals surface area contributed by atoms with Gasteiger partial charge in [0.1, 0.15) is 5.75 Å². The maximum absolute atomic E-state index is 8.73. The van der Waals surface area contributed by atoms with Gasteiger partial charge in [-0.3, -0.25) is 0 Å². The Morgan fingerprint density at radius 3 is 3.08 bits per heavy atom. The molecule has 0 spiro atoms. The van der Waals surface area contributed by atoms with Gasteiger partial charge in [-0.05, 0) is 18.2 Å². The molecular weight excluding hydrogens is 234 g/mol. The summed E-state index contributed by atoms with van der Waals surface area (Å²) in [4.78, 5) is 0. The molecule has 0 amide bonds. The van der Waals surface area contributed by atoms with Crippen molar-refractivity contribution in [1.29, 1.82) is 0 Å². The van der Waals surface area contributed by atoms with Crippen LogP contribution in [0.3, 0.4) is 0 Å². The van der Waals surface area contributed by atoms with E-state index in [4.69, 9.17) is 9.94 Å². The molecule has 1 N–H and O–H groups in total. The highest BCUT2D eigenvalue weighted by molar-refractivity contribution is 9.10. The highest BCUT2D eigenvalue weighted by Crippen LogP contribution is 2.28. The van der Waals surface area contributed by atoms with Gasteiger partial charge in [0.2, 0.25) is 0 Å². The fourth-order valence-electron chi connectivity index (χ4n) is 1.35. The number of rotatable bonds is 0. The van der Waals surface area contributed by atoms with Crippen molar-refractivity contribution in [3.05, 3.63) is 28.2 Å². The van der Waals surface area contributed by atoms with Crippen molar-refractivity contribution in [3.63, 3.8) is 0 Å². The van der Waals surface area contributed by atoms with E-state index in [1.54, 1.807) is 0 Å². The first kappa shape index (κ1) is 8.56. The lowest BCUT2D eigenvalue weighted by Gasteiger charge is -2.17. The van der Waals surface area contributed by atoms with Crippen LogP contribution in [0, 0.1) is 0 Å². The first-order chi connectivity index (χ1) is 6.31. The second kappa shape index (κ2) is 3.38. The number of fused-ring (bicyclic) bond motifs is 1. The van der Waals surface area contributed by atoms with Gasteiger partial charge in [0.15, 0.2) is 0 Å². The largest absolute Gasteiger partial charge is 0.492 e. The van der Waals surface area contributed by atoms with Crippen LogP contribution in [-0.2, 0) is 0 Å². The molecule has 0 bridgehead atoms. The zero-order chi connectivity index (χ0) is 9.26. The summed E-state index contributed by atoms with van der Waals surface area (Å²) in [5, 5.41) is 12.0. The minimum absolute atomic E-state index is 0.572. The molecule has 1 aromatic rings. The predicted octanol–water partition coefficient (Wildman–Crippen LogP) is 2.41. The fraction of sp³-hybridized carbons (Fsp3) is 0.222. The predicted molar refractivity (Wildman–Crippen MR) is 52.6 cm³/mol. The van der Waals surface area contributed by atoms with E-state index in [-0.39, 0.29) is 0 Å². The maximum atomic E-state index is 8.73. The van der Waals surface area contributed by atoms with E-state index in [0.29, 0.717) is 18.7 Å². The molecule has 0 aliphatic carbocycles. The zero-order valence-electron chi connectivity index (χ0n) is 6.83. The molecule has 0 aromatic heterocycles. The van der Waals surface area contributed by atoms with E-state index in [2.05, 4.69) is 21.1 Å². The van der Waals surface area contributed by atoms with Crippen molar-refractivity contribution in [1.82, 2.24) is 0 Å². The van der Waals surface area contributed by atoms with Crippen LogP contribution in [0.15, 0.2) is 27.8 Å². The Hall–Kier alpha value is -1.03. The topological polar surface area (TPSA) is 41.8 Å². The van der Waals surface area contributed by atoms with Crippen molar-refractivity contribution in [3.8, 4) is 5.75 Å². The molecule has 0 radical (unpaired) electrons. The van der Waals surface area contributed by atoms with Crippen LogP contribution in [0.25, 0.3) is 0 Å². The third-order valence-electron chi connectivity index (χ3n) is 1.97. The first-order valence-corrected chi connectivity index (χ1v) is 4.74. The van der Waals surface area contributed by atoms with Crippen LogP contribution >= 0.6 is 15.9 Å². The first-order valence-electron chi connectivity index (χ1n) is 3.95. The molecule has 0 fully saturated rings. The van der Waals surface area contributed by atoms with Crippen LogP contribution in [0.4, 0.5) is 0 Å². The molecule has 1 aliphatic rings. The van der Waals surface area contributed by atoms with Gasteiger partial charge < -0.3 is 9.94 Å². The number of oxime groups is 1. The highest BCUT2D eigenvalue weighted by Gasteiger charge is 2.16. The smallest absolute Gasteiger partial charge is 0.129 e. The summed E-state index contributed by atoms with van der Waals surface area (Å²) in [6.45, 7) is 0.572. The Balaban J connectivity index is 2.52. The molecule has 1 aromatic carbocycles. The number of hydrogen-bond donors (Lipinski definition) is 1. The second-order valence-corrected chi connectivity index (χ2v) is 3.70. The Bertz CT molecular complexity index is 363. The summed E-state index contributed by atoms with van der Waals surface area (Å²) in [6, 6.07) is 5.66. The summed E-state index contributed by atoms with van der Waals surface area (Å²) < 4.78 is 6.38. The Morgan fingerprint density at radius 1 is 1.46 bits per heavy atom. The SMILES string of the molecule is O/N=C1/CCOc2cc(Br)ccc21. The standard InChI is InChI=1S/C9H8BrNO2/c10-6-1-2-7-8(11-12)3-4-13-9(7)5-6/h1-2,5,12H,3-4H2/b11-8-. The Labute approximate surface area is 84.1 Å². The molecule has 4 heteroatoms. The molecule has 1 heterocycles. The minimum Gasteiger partial charge on any atom is -0.492 e. The van der Waals surface area contributed by atoms with Crippen molar-refractivity contribution >= 4 is 21.6 Å². The van der Waals surface area contributed by atoms with Gasteiger partial charge in [-0.1, -0.05) is 21.1 Å². The van der Waals surface area contributed by atoms with Crippen LogP contribution in [0.5, 0.6) is 5.75 Å². The number of nitrogens with zero attached hydrogens (tertiary/aromatic N) is 1. The Morgan fingerprint density at radius 2 is 2.31 bits per heavy atom. The quantitative estimate of drug-likeness (QED) is 0.560. The van der Waals surface area contributed by atoms with Crippen LogP contribution in [-0.4, -0.2) is 17.5 Å². The fourth-order valence-corrected chi connectivity index (χ4v) is 1.69. The average molecular weight is 242 g/mol. The molecule has 3 nitrogen and oxygen atoms in total. The van der Waals surface area contributed by atoms with E-state index in [1.165, 1.54) is 0 Å². The Kier molecular flexibility index (Phi) is 2.22. The van der Waals surface area contributed by atoms with Crippen LogP contribution < -0.4 is 4.74 Å². The van der Waals surface area contributed by atoms with Gasteiger partial charge in [-0.25, -0.2) is 0 Å². The molecule has 0 atom stereocenters. The van der Waals surface area contributed by atoms with E-state index in [1.807, 2.05) is 18.2 Å². The van der Waals surface area contributed by atoms with Gasteiger partial charge in [0.05, 0.1) is 12.3 Å². The minimum atomic E-state index is 0.572. The summed E-state index contributed by atoms with van der Waals surface area (Å²) >= 11 is 3.35. The number of hydrogen-bond acceptors (Lipinski definition) is 3. The van der Waals surface area contributed by atoms with Crippen molar-refractivity contribution in [2.45, 2.75) is 6.42 Å². The molecule has 13 heavy (non-hydrogen) atoms. The third-order valence-corrected chi connectivity index (χ3v) is 2.46. The number of ether oxygens (including phenoxy) is 1. The van der Waals surface area contributed by atoms with E-state index >= 15 is 0 Å². The van der Waals surface area contributed by atoms with E-state index in [9.17, 15) is 0 Å². The van der Waals surface area contributed by atoms with Gasteiger partial charge in [-0.15, -0.1) is 0 Å². The molecule has 1 aliphatic heterocycles. The molecular formula is C9H8BrNO2. The normalized spacial score (nSPS) is 18.1. The molecule has 68 valence electrons. The summed E-state index contributed by atoms with van der Waals surface area (Å²) in [6.07, 6.45) is 0.658. The lowest BCUT2D eigenvalue weighted by molar-refractivity contribution is 0.298. The van der Waals surface area contributed by atoms with Crippen LogP contribution in [0.2, 0.25) is 0 Å². The monoisotopic (exact) mass is 241 g/mol. The van der Waals surface area contributed by atoms with Gasteiger partial charge in [0, 0.05) is 16.5 Å². The van der Waals surface area contributed by atoms with E-state index < -0.39 is 0 Å². The molecule has 0 saturated carbocycles. The zero-order valence-corrected chi connectivity index (χ0v) is 8.41. The van der Waals surface area contributed by atoms with Crippen molar-refractivity contribution < 1.29 is 9.94 Å². The van der Waals surface area contributed by atoms with E-state index in [0.717, 1.165) is 15.8 Å². The molecule has 0 saturated heterocycles.